The Morgan fingerprint density at radius 2 is 1.55 bits per heavy atom. The fourth-order valence-electron chi connectivity index (χ4n) is 7.75. The Morgan fingerprint density at radius 3 is 2.43 bits per heavy atom. The van der Waals surface area contributed by atoms with Gasteiger partial charge in [-0.05, 0) is 92.4 Å². The zero-order chi connectivity index (χ0) is 28.0. The molecule has 1 aliphatic heterocycles. The molecule has 0 N–H and O–H groups in total. The SMILES string of the molecule is O=c1c2cc(Br)c3c(=O)n4c5cccc6cccc(nc4c4cc(Br)c(c7n1C1CCCc8cccc(c81)N=7)c2c34)c65. The molecule has 2 aliphatic rings. The maximum absolute atomic E-state index is 14.5. The van der Waals surface area contributed by atoms with E-state index in [4.69, 9.17) is 9.98 Å². The van der Waals surface area contributed by atoms with E-state index in [1.165, 1.54) is 11.1 Å². The van der Waals surface area contributed by atoms with Gasteiger partial charge < -0.3 is 0 Å². The van der Waals surface area contributed by atoms with Crippen molar-refractivity contribution in [3.8, 4) is 0 Å². The Bertz CT molecular complexity index is 2740. The van der Waals surface area contributed by atoms with Gasteiger partial charge in [0.05, 0.1) is 28.1 Å². The minimum absolute atomic E-state index is 0.0667. The Balaban J connectivity index is 1.50. The van der Waals surface area contributed by atoms with Gasteiger partial charge in [0.15, 0.2) is 0 Å². The smallest absolute Gasteiger partial charge is 0.265 e. The van der Waals surface area contributed by atoms with Gasteiger partial charge in [0.1, 0.15) is 11.1 Å². The van der Waals surface area contributed by atoms with Crippen LogP contribution in [0.25, 0.3) is 59.8 Å². The number of pyridine rings is 2. The van der Waals surface area contributed by atoms with Gasteiger partial charge in [-0.1, -0.05) is 36.4 Å². The summed E-state index contributed by atoms with van der Waals surface area (Å²) in [7, 11) is 0. The molecule has 0 spiro atoms. The summed E-state index contributed by atoms with van der Waals surface area (Å²) in [6, 6.07) is 22.1. The lowest BCUT2D eigenvalue weighted by Gasteiger charge is -2.32. The predicted octanol–water partition coefficient (Wildman–Crippen LogP) is 7.49. The van der Waals surface area contributed by atoms with Gasteiger partial charge in [-0.2, -0.15) is 0 Å². The largest absolute Gasteiger partial charge is 0.284 e. The maximum atomic E-state index is 14.5. The third-order valence-electron chi connectivity index (χ3n) is 9.38. The van der Waals surface area contributed by atoms with Crippen molar-refractivity contribution in [1.82, 2.24) is 14.0 Å². The first-order valence-electron chi connectivity index (χ1n) is 14.0. The van der Waals surface area contributed by atoms with Crippen LogP contribution in [0.2, 0.25) is 0 Å². The molecule has 8 aromatic rings. The van der Waals surface area contributed by atoms with Crippen LogP contribution in [0.15, 0.2) is 90.3 Å². The zero-order valence-electron chi connectivity index (χ0n) is 21.9. The lowest BCUT2D eigenvalue weighted by atomic mass is 9.85. The molecule has 6 nitrogen and oxygen atoms in total. The molecule has 5 aromatic carbocycles. The summed E-state index contributed by atoms with van der Waals surface area (Å²) in [5.74, 6) is 0. The summed E-state index contributed by atoms with van der Waals surface area (Å²) in [6.07, 6.45) is 2.90. The quantitative estimate of drug-likeness (QED) is 0.124. The normalized spacial score (nSPS) is 16.2. The Kier molecular flexibility index (Phi) is 4.36. The number of hydrogen-bond acceptors (Lipinski definition) is 4. The highest BCUT2D eigenvalue weighted by molar-refractivity contribution is 9.11. The van der Waals surface area contributed by atoms with Crippen molar-refractivity contribution in [3.63, 3.8) is 0 Å². The molecule has 0 fully saturated rings. The highest BCUT2D eigenvalue weighted by atomic mass is 79.9. The van der Waals surface area contributed by atoms with Gasteiger partial charge in [-0.15, -0.1) is 0 Å². The van der Waals surface area contributed by atoms with E-state index in [0.29, 0.717) is 26.4 Å². The number of aryl methyl sites for hydroxylation is 1. The van der Waals surface area contributed by atoms with Gasteiger partial charge in [-0.25, -0.2) is 9.98 Å². The van der Waals surface area contributed by atoms with Crippen molar-refractivity contribution in [2.24, 2.45) is 4.99 Å². The predicted molar refractivity (Wildman–Crippen MR) is 174 cm³/mol. The highest BCUT2D eigenvalue weighted by Crippen LogP contribution is 2.44. The van der Waals surface area contributed by atoms with Crippen molar-refractivity contribution in [1.29, 1.82) is 0 Å². The third-order valence-corrected chi connectivity index (χ3v) is 10.6. The average molecular weight is 674 g/mol. The van der Waals surface area contributed by atoms with Crippen LogP contribution < -0.4 is 16.6 Å². The zero-order valence-corrected chi connectivity index (χ0v) is 25.1. The number of benzene rings is 5. The second-order valence-electron chi connectivity index (χ2n) is 11.4. The second kappa shape index (κ2) is 7.82. The number of fused-ring (bicyclic) bond motifs is 6. The van der Waals surface area contributed by atoms with Crippen LogP contribution in [0, 0.1) is 0 Å². The van der Waals surface area contributed by atoms with Crippen LogP contribution in [-0.4, -0.2) is 14.0 Å². The van der Waals surface area contributed by atoms with Crippen LogP contribution >= 0.6 is 31.9 Å². The third kappa shape index (κ3) is 2.67. The number of halogens is 2. The number of nitrogens with zero attached hydrogens (tertiary/aromatic N) is 4. The minimum atomic E-state index is -0.169. The van der Waals surface area contributed by atoms with Gasteiger partial charge in [-0.3, -0.25) is 18.6 Å². The van der Waals surface area contributed by atoms with Crippen LogP contribution in [0.1, 0.15) is 30.0 Å². The molecule has 1 aliphatic carbocycles. The first-order valence-corrected chi connectivity index (χ1v) is 15.6. The summed E-state index contributed by atoms with van der Waals surface area (Å²) in [4.78, 5) is 39.2. The highest BCUT2D eigenvalue weighted by Gasteiger charge is 2.32. The molecule has 1 atom stereocenters. The molecule has 0 radical (unpaired) electrons. The van der Waals surface area contributed by atoms with Gasteiger partial charge in [0, 0.05) is 46.8 Å². The molecule has 0 saturated heterocycles. The van der Waals surface area contributed by atoms with Crippen molar-refractivity contribution < 1.29 is 0 Å². The fraction of sp³-hybridized carbons (Fsp3) is 0.118. The molecule has 1 unspecified atom stereocenters. The van der Waals surface area contributed by atoms with Crippen LogP contribution in [0.5, 0.6) is 0 Å². The number of rotatable bonds is 0. The standard InChI is InChI=1S/C34H18Br2N4O2/c35-19-13-17-27-28-18(33(41)40-24-12-4-8-16-6-2-10-22(26(16)24)38-32(40)29(19)28)14-20(36)30(27)34(42)39-23-11-3-7-15-5-1-9-21(25(15)23)37-31(17)39/h1-3,5-7,9-11,13-14,24H,4,8,12H2. The summed E-state index contributed by atoms with van der Waals surface area (Å²) < 4.78 is 5.04. The van der Waals surface area contributed by atoms with E-state index >= 15 is 0 Å². The minimum Gasteiger partial charge on any atom is -0.284 e. The van der Waals surface area contributed by atoms with Crippen LogP contribution in [0.3, 0.4) is 0 Å². The molecule has 0 bridgehead atoms. The van der Waals surface area contributed by atoms with E-state index in [2.05, 4.69) is 44.0 Å². The Morgan fingerprint density at radius 1 is 0.786 bits per heavy atom. The average Bonchev–Trinajstić information content (AvgIpc) is 2.99. The molecule has 10 rings (SSSR count). The summed E-state index contributed by atoms with van der Waals surface area (Å²) in [6.45, 7) is 0. The van der Waals surface area contributed by atoms with E-state index in [9.17, 15) is 9.59 Å². The lowest BCUT2D eigenvalue weighted by Crippen LogP contribution is -2.41. The van der Waals surface area contributed by atoms with Gasteiger partial charge in [0.2, 0.25) is 0 Å². The van der Waals surface area contributed by atoms with E-state index in [-0.39, 0.29) is 17.2 Å². The summed E-state index contributed by atoms with van der Waals surface area (Å²) in [5.41, 5.74) is 5.96. The van der Waals surface area contributed by atoms with Crippen LogP contribution in [0.4, 0.5) is 5.69 Å². The maximum Gasteiger partial charge on any atom is 0.265 e. The molecular weight excluding hydrogens is 656 g/mol. The summed E-state index contributed by atoms with van der Waals surface area (Å²) in [5, 5.41) is 6.23. The van der Waals surface area contributed by atoms with Gasteiger partial charge in [0.25, 0.3) is 11.1 Å². The molecule has 42 heavy (non-hydrogen) atoms. The molecule has 200 valence electrons. The first kappa shape index (κ1) is 23.4. The first-order chi connectivity index (χ1) is 20.5. The monoisotopic (exact) mass is 672 g/mol. The Labute approximate surface area is 253 Å². The van der Waals surface area contributed by atoms with Crippen molar-refractivity contribution in [2.45, 2.75) is 25.3 Å². The van der Waals surface area contributed by atoms with Crippen LogP contribution in [-0.2, 0) is 6.42 Å². The lowest BCUT2D eigenvalue weighted by molar-refractivity contribution is 0.460. The molecule has 0 amide bonds. The molecular formula is C34H18Br2N4O2. The van der Waals surface area contributed by atoms with E-state index in [0.717, 1.165) is 72.8 Å². The molecule has 0 saturated carbocycles. The Hall–Kier alpha value is -4.14. The van der Waals surface area contributed by atoms with E-state index in [1.54, 1.807) is 4.40 Å². The second-order valence-corrected chi connectivity index (χ2v) is 13.1. The topological polar surface area (TPSA) is 68.7 Å². The van der Waals surface area contributed by atoms with E-state index in [1.807, 2.05) is 59.2 Å². The fourth-order valence-corrected chi connectivity index (χ4v) is 8.95. The molecule has 8 heteroatoms. The van der Waals surface area contributed by atoms with Crippen molar-refractivity contribution >= 4 is 97.3 Å². The van der Waals surface area contributed by atoms with Crippen molar-refractivity contribution in [3.05, 3.63) is 113 Å². The van der Waals surface area contributed by atoms with E-state index < -0.39 is 0 Å². The molecule has 3 aromatic heterocycles. The van der Waals surface area contributed by atoms with Crippen molar-refractivity contribution in [2.75, 3.05) is 0 Å². The number of hydrogen-bond donors (Lipinski definition) is 0. The number of aromatic nitrogens is 3. The van der Waals surface area contributed by atoms with Gasteiger partial charge >= 0.3 is 0 Å². The summed E-state index contributed by atoms with van der Waals surface area (Å²) >= 11 is 7.63. The molecule has 4 heterocycles.